The Bertz CT molecular complexity index is 1740. The summed E-state index contributed by atoms with van der Waals surface area (Å²) in [6.45, 7) is 1.41. The molecule has 5 rings (SSSR count). The molecule has 46 heavy (non-hydrogen) atoms. The van der Waals surface area contributed by atoms with Crippen molar-refractivity contribution in [1.82, 2.24) is 10.2 Å². The zero-order valence-electron chi connectivity index (χ0n) is 25.6. The summed E-state index contributed by atoms with van der Waals surface area (Å²) in [7, 11) is -4.21. The van der Waals surface area contributed by atoms with Crippen molar-refractivity contribution < 1.29 is 18.0 Å². The van der Waals surface area contributed by atoms with E-state index in [0.29, 0.717) is 15.7 Å². The number of sulfonamides is 1. The largest absolute Gasteiger partial charge is 0.352 e. The molecule has 1 aliphatic rings. The minimum absolute atomic E-state index is 0.00438. The van der Waals surface area contributed by atoms with Crippen LogP contribution in [0.15, 0.2) is 108 Å². The predicted octanol–water partition coefficient (Wildman–Crippen LogP) is 7.20. The molecular weight excluding hydrogens is 641 g/mol. The van der Waals surface area contributed by atoms with E-state index in [0.717, 1.165) is 46.7 Å². The van der Waals surface area contributed by atoms with Gasteiger partial charge in [-0.2, -0.15) is 0 Å². The van der Waals surface area contributed by atoms with Crippen molar-refractivity contribution in [2.24, 2.45) is 0 Å². The average Bonchev–Trinajstić information content (AvgIpc) is 3.56. The van der Waals surface area contributed by atoms with Crippen LogP contribution in [0.4, 0.5) is 5.69 Å². The summed E-state index contributed by atoms with van der Waals surface area (Å²) in [6, 6.07) is 28.6. The summed E-state index contributed by atoms with van der Waals surface area (Å²) >= 11 is 12.2. The number of halogens is 2. The number of hydrogen-bond donors (Lipinski definition) is 1. The lowest BCUT2D eigenvalue weighted by atomic mass is 10.0. The number of rotatable bonds is 12. The van der Waals surface area contributed by atoms with Crippen LogP contribution < -0.4 is 9.62 Å². The molecule has 0 aliphatic heterocycles. The maximum atomic E-state index is 14.6. The maximum absolute atomic E-state index is 14.6. The molecule has 0 heterocycles. The van der Waals surface area contributed by atoms with Crippen molar-refractivity contribution in [3.05, 3.63) is 130 Å². The van der Waals surface area contributed by atoms with E-state index in [9.17, 15) is 18.0 Å². The third kappa shape index (κ3) is 8.49. The smallest absolute Gasteiger partial charge is 0.264 e. The average molecular weight is 679 g/mol. The summed E-state index contributed by atoms with van der Waals surface area (Å²) in [5.41, 5.74) is 2.81. The van der Waals surface area contributed by atoms with Crippen LogP contribution in [0.5, 0.6) is 0 Å². The number of carbonyl (C=O) groups excluding carboxylic acids is 2. The Hall–Kier alpha value is -3.85. The van der Waals surface area contributed by atoms with E-state index in [1.165, 1.54) is 29.2 Å². The summed E-state index contributed by atoms with van der Waals surface area (Å²) < 4.78 is 29.4. The SMILES string of the molecule is Cc1cccc(N(CC(=O)N(Cc2ccc(Cl)cc2)C(Cc2ccccc2)C(=O)NC2CCCC2)S(=O)(=O)c2ccc(Cl)cc2)c1. The van der Waals surface area contributed by atoms with Gasteiger partial charge in [0.25, 0.3) is 10.0 Å². The number of anilines is 1. The molecule has 1 unspecified atom stereocenters. The summed E-state index contributed by atoms with van der Waals surface area (Å²) in [4.78, 5) is 30.2. The molecule has 4 aromatic carbocycles. The highest BCUT2D eigenvalue weighted by Gasteiger charge is 2.35. The molecular formula is C36H37Cl2N3O4S. The van der Waals surface area contributed by atoms with Crippen LogP contribution in [-0.4, -0.2) is 43.8 Å². The van der Waals surface area contributed by atoms with Gasteiger partial charge in [0.1, 0.15) is 12.6 Å². The van der Waals surface area contributed by atoms with E-state index in [1.807, 2.05) is 43.3 Å². The van der Waals surface area contributed by atoms with E-state index >= 15 is 0 Å². The molecule has 1 saturated carbocycles. The number of benzene rings is 4. The first-order chi connectivity index (χ1) is 22.1. The van der Waals surface area contributed by atoms with Crippen LogP contribution in [-0.2, 0) is 32.6 Å². The first-order valence-electron chi connectivity index (χ1n) is 15.3. The van der Waals surface area contributed by atoms with E-state index in [2.05, 4.69) is 5.32 Å². The quantitative estimate of drug-likeness (QED) is 0.172. The van der Waals surface area contributed by atoms with E-state index < -0.39 is 28.5 Å². The minimum Gasteiger partial charge on any atom is -0.352 e. The molecule has 1 N–H and O–H groups in total. The van der Waals surface area contributed by atoms with Crippen molar-refractivity contribution in [3.63, 3.8) is 0 Å². The van der Waals surface area contributed by atoms with Gasteiger partial charge in [-0.15, -0.1) is 0 Å². The molecule has 240 valence electrons. The van der Waals surface area contributed by atoms with Crippen LogP contribution in [0.3, 0.4) is 0 Å². The van der Waals surface area contributed by atoms with Gasteiger partial charge in [-0.25, -0.2) is 8.42 Å². The van der Waals surface area contributed by atoms with Gasteiger partial charge in [0.2, 0.25) is 11.8 Å². The molecule has 2 amide bonds. The number of nitrogens with one attached hydrogen (secondary N) is 1. The number of amides is 2. The lowest BCUT2D eigenvalue weighted by Crippen LogP contribution is -2.54. The highest BCUT2D eigenvalue weighted by Crippen LogP contribution is 2.27. The Kier molecular flexibility index (Phi) is 11.0. The third-order valence-corrected chi connectivity index (χ3v) is 10.5. The molecule has 1 aliphatic carbocycles. The Morgan fingerprint density at radius 2 is 1.46 bits per heavy atom. The van der Waals surface area contributed by atoms with Gasteiger partial charge >= 0.3 is 0 Å². The number of carbonyl (C=O) groups is 2. The molecule has 10 heteroatoms. The molecule has 1 fully saturated rings. The summed E-state index contributed by atoms with van der Waals surface area (Å²) in [5.74, 6) is -0.780. The van der Waals surface area contributed by atoms with Crippen LogP contribution in [0, 0.1) is 6.92 Å². The second kappa shape index (κ2) is 15.2. The van der Waals surface area contributed by atoms with Gasteiger partial charge < -0.3 is 10.2 Å². The lowest BCUT2D eigenvalue weighted by Gasteiger charge is -2.34. The number of aryl methyl sites for hydroxylation is 1. The molecule has 1 atom stereocenters. The van der Waals surface area contributed by atoms with Crippen molar-refractivity contribution in [1.29, 1.82) is 0 Å². The predicted molar refractivity (Wildman–Crippen MR) is 183 cm³/mol. The van der Waals surface area contributed by atoms with Gasteiger partial charge in [-0.1, -0.05) is 90.6 Å². The zero-order valence-corrected chi connectivity index (χ0v) is 27.9. The van der Waals surface area contributed by atoms with Gasteiger partial charge in [0, 0.05) is 29.1 Å². The first kappa shape index (κ1) is 33.5. The molecule has 0 bridgehead atoms. The molecule has 0 saturated heterocycles. The van der Waals surface area contributed by atoms with Crippen LogP contribution in [0.2, 0.25) is 10.0 Å². The standard InChI is InChI=1S/C36H37Cl2N3O4S/c1-26-8-7-13-32(22-26)41(46(44,45)33-20-18-30(38)19-21-33)25-35(42)40(24-28-14-16-29(37)17-15-28)34(23-27-9-3-2-4-10-27)36(43)39-31-11-5-6-12-31/h2-4,7-10,13-22,31,34H,5-6,11-12,23-25H2,1H3,(H,39,43). The Balaban J connectivity index is 1.56. The summed E-state index contributed by atoms with van der Waals surface area (Å²) in [5, 5.41) is 4.12. The second-order valence-corrected chi connectivity index (χ2v) is 14.4. The second-order valence-electron chi connectivity index (χ2n) is 11.6. The highest BCUT2D eigenvalue weighted by atomic mass is 35.5. The number of hydrogen-bond acceptors (Lipinski definition) is 4. The normalized spacial score (nSPS) is 14.1. The Morgan fingerprint density at radius 1 is 0.826 bits per heavy atom. The minimum atomic E-state index is -4.21. The van der Waals surface area contributed by atoms with Crippen molar-refractivity contribution in [2.45, 2.75) is 62.6 Å². The van der Waals surface area contributed by atoms with Crippen molar-refractivity contribution in [2.75, 3.05) is 10.8 Å². The topological polar surface area (TPSA) is 86.8 Å². The monoisotopic (exact) mass is 677 g/mol. The number of nitrogens with zero attached hydrogens (tertiary/aromatic N) is 2. The fraction of sp³-hybridized carbons (Fsp3) is 0.278. The Labute approximate surface area is 281 Å². The van der Waals surface area contributed by atoms with E-state index in [4.69, 9.17) is 23.2 Å². The van der Waals surface area contributed by atoms with Crippen molar-refractivity contribution in [3.8, 4) is 0 Å². The molecule has 0 aromatic heterocycles. The summed E-state index contributed by atoms with van der Waals surface area (Å²) in [6.07, 6.45) is 4.10. The van der Waals surface area contributed by atoms with Gasteiger partial charge in [-0.05, 0) is 85.0 Å². The highest BCUT2D eigenvalue weighted by molar-refractivity contribution is 7.92. The van der Waals surface area contributed by atoms with E-state index in [-0.39, 0.29) is 29.8 Å². The van der Waals surface area contributed by atoms with Gasteiger partial charge in [0.15, 0.2) is 0 Å². The lowest BCUT2D eigenvalue weighted by molar-refractivity contribution is -0.140. The fourth-order valence-electron chi connectivity index (χ4n) is 5.75. The maximum Gasteiger partial charge on any atom is 0.264 e. The third-order valence-electron chi connectivity index (χ3n) is 8.21. The van der Waals surface area contributed by atoms with Crippen molar-refractivity contribution >= 4 is 50.7 Å². The van der Waals surface area contributed by atoms with Gasteiger partial charge in [-0.3, -0.25) is 13.9 Å². The molecule has 0 spiro atoms. The first-order valence-corrected chi connectivity index (χ1v) is 17.5. The zero-order chi connectivity index (χ0) is 32.7. The molecule has 4 aromatic rings. The van der Waals surface area contributed by atoms with Crippen LogP contribution >= 0.6 is 23.2 Å². The fourth-order valence-corrected chi connectivity index (χ4v) is 7.41. The van der Waals surface area contributed by atoms with Crippen LogP contribution in [0.1, 0.15) is 42.4 Å². The van der Waals surface area contributed by atoms with Crippen LogP contribution in [0.25, 0.3) is 0 Å². The van der Waals surface area contributed by atoms with E-state index in [1.54, 1.807) is 42.5 Å². The molecule has 0 radical (unpaired) electrons. The Morgan fingerprint density at radius 3 is 2.09 bits per heavy atom. The molecule has 7 nitrogen and oxygen atoms in total. The van der Waals surface area contributed by atoms with Gasteiger partial charge in [0.05, 0.1) is 10.6 Å².